The van der Waals surface area contributed by atoms with Gasteiger partial charge in [0.05, 0.1) is 0 Å². The van der Waals surface area contributed by atoms with Gasteiger partial charge in [0.15, 0.2) is 0 Å². The van der Waals surface area contributed by atoms with Gasteiger partial charge in [-0.15, -0.1) is 0 Å². The number of thioether (sulfide) groups is 1. The number of hydrogen-bond acceptors (Lipinski definition) is 7. The third-order valence-corrected chi connectivity index (χ3v) is 8.34. The van der Waals surface area contributed by atoms with Gasteiger partial charge in [0.2, 0.25) is 0 Å². The molecule has 0 aliphatic heterocycles. The first kappa shape index (κ1) is 41.5. The van der Waals surface area contributed by atoms with Crippen molar-refractivity contribution in [3.8, 4) is 0 Å². The van der Waals surface area contributed by atoms with E-state index in [1.54, 1.807) is 0 Å². The first-order valence-corrected chi connectivity index (χ1v) is 18.4. The summed E-state index contributed by atoms with van der Waals surface area (Å²) >= 11 is 1.12. The Hall–Kier alpha value is -1.54. The van der Waals surface area contributed by atoms with Gasteiger partial charge in [0.1, 0.15) is 25.8 Å². The number of nitrogens with zero attached hydrogens (tertiary/aromatic N) is 2. The Morgan fingerprint density at radius 1 is 0.674 bits per heavy atom. The highest BCUT2D eigenvalue weighted by Gasteiger charge is 2.24. The molecule has 0 heterocycles. The molecule has 0 saturated heterocycles. The fourth-order valence-corrected chi connectivity index (χ4v) is 5.70. The van der Waals surface area contributed by atoms with Gasteiger partial charge >= 0.3 is 11.9 Å². The third-order valence-electron chi connectivity index (χ3n) is 7.45. The molecule has 0 N–H and O–H groups in total. The van der Waals surface area contributed by atoms with Crippen LogP contribution in [0.5, 0.6) is 0 Å². The predicted octanol–water partition coefficient (Wildman–Crippen LogP) is 9.19. The van der Waals surface area contributed by atoms with Crippen molar-refractivity contribution in [2.24, 2.45) is 0 Å². The van der Waals surface area contributed by atoms with Crippen LogP contribution < -0.4 is 0 Å². The van der Waals surface area contributed by atoms with Gasteiger partial charge in [0, 0.05) is 12.3 Å². The Morgan fingerprint density at radius 2 is 1.19 bits per heavy atom. The summed E-state index contributed by atoms with van der Waals surface area (Å²) in [6.45, 7) is 7.03. The second kappa shape index (κ2) is 30.5. The molecule has 0 aliphatic rings. The Labute approximate surface area is 269 Å². The van der Waals surface area contributed by atoms with E-state index in [0.717, 1.165) is 69.7 Å². The molecule has 0 saturated carbocycles. The molecule has 0 aromatic heterocycles. The average molecular weight is 627 g/mol. The largest absolute Gasteiger partial charge is 0.461 e. The lowest BCUT2D eigenvalue weighted by Gasteiger charge is -2.23. The number of amides is 1. The molecular formula is C35H66N2O5S. The Bertz CT molecular complexity index is 716. The molecule has 0 fully saturated rings. The van der Waals surface area contributed by atoms with Gasteiger partial charge in [-0.25, -0.2) is 0 Å². The van der Waals surface area contributed by atoms with Gasteiger partial charge in [-0.1, -0.05) is 128 Å². The van der Waals surface area contributed by atoms with Crippen molar-refractivity contribution < 1.29 is 23.9 Å². The summed E-state index contributed by atoms with van der Waals surface area (Å²) in [5.74, 6) is -0.380. The molecule has 252 valence electrons. The number of ether oxygens (including phenoxy) is 2. The number of rotatable bonds is 29. The van der Waals surface area contributed by atoms with Crippen LogP contribution in [0.25, 0.3) is 0 Å². The smallest absolute Gasteiger partial charge is 0.326 e. The van der Waals surface area contributed by atoms with Crippen molar-refractivity contribution in [3.63, 3.8) is 0 Å². The minimum absolute atomic E-state index is 0.141. The molecule has 0 spiro atoms. The Kier molecular flexibility index (Phi) is 29.4. The van der Waals surface area contributed by atoms with Gasteiger partial charge in [-0.2, -0.15) is 0 Å². The number of allylic oxidation sites excluding steroid dienone is 1. The molecule has 0 rings (SSSR count). The summed E-state index contributed by atoms with van der Waals surface area (Å²) in [6.07, 6.45) is 25.5. The molecular weight excluding hydrogens is 560 g/mol. The number of unbranched alkanes of at least 4 members (excludes halogenated alkanes) is 14. The standard InChI is InChI=1S/C35H66N2O5S/c1-6-9-12-15-17-20-23-26-32(25-22-19-14-11-8-3)42-34(39)31-37(35(40)43-29-27-36(4)5)30-33(38)41-28-24-21-18-16-13-10-7-2/h21,24,32H,6-20,22-23,25-31H2,1-5H3/b24-21-. The minimum Gasteiger partial charge on any atom is -0.461 e. The zero-order valence-electron chi connectivity index (χ0n) is 28.5. The topological polar surface area (TPSA) is 76.1 Å². The van der Waals surface area contributed by atoms with Gasteiger partial charge in [0.25, 0.3) is 5.24 Å². The second-order valence-corrected chi connectivity index (χ2v) is 13.0. The van der Waals surface area contributed by atoms with Crippen LogP contribution in [0.1, 0.15) is 143 Å². The zero-order chi connectivity index (χ0) is 32.0. The fourth-order valence-electron chi connectivity index (χ4n) is 4.76. The quantitative estimate of drug-likeness (QED) is 0.0465. The summed E-state index contributed by atoms with van der Waals surface area (Å²) in [5.41, 5.74) is 0. The average Bonchev–Trinajstić information content (AvgIpc) is 2.97. The lowest BCUT2D eigenvalue weighted by atomic mass is 10.0. The Balaban J connectivity index is 5.00. The van der Waals surface area contributed by atoms with E-state index in [1.807, 2.05) is 31.1 Å². The van der Waals surface area contributed by atoms with Crippen molar-refractivity contribution in [1.82, 2.24) is 9.80 Å². The van der Waals surface area contributed by atoms with Crippen molar-refractivity contribution in [3.05, 3.63) is 12.2 Å². The molecule has 1 amide bonds. The molecule has 8 heteroatoms. The molecule has 0 aromatic rings. The van der Waals surface area contributed by atoms with E-state index in [9.17, 15) is 14.4 Å². The SMILES string of the molecule is CCCCCC/C=C\COC(=O)CN(CC(=O)OC(CCCCCCC)CCCCCCCCC)C(=O)SCCN(C)C. The Morgan fingerprint density at radius 3 is 1.74 bits per heavy atom. The summed E-state index contributed by atoms with van der Waals surface area (Å²) in [5, 5.41) is -0.301. The molecule has 0 radical (unpaired) electrons. The van der Waals surface area contributed by atoms with Crippen molar-refractivity contribution in [1.29, 1.82) is 0 Å². The molecule has 43 heavy (non-hydrogen) atoms. The highest BCUT2D eigenvalue weighted by molar-refractivity contribution is 8.13. The number of carbonyl (C=O) groups excluding carboxylic acids is 3. The molecule has 1 atom stereocenters. The fraction of sp³-hybridized carbons (Fsp3) is 0.857. The van der Waals surface area contributed by atoms with Crippen molar-refractivity contribution >= 4 is 28.9 Å². The van der Waals surface area contributed by atoms with E-state index in [2.05, 4.69) is 20.8 Å². The van der Waals surface area contributed by atoms with Crippen LogP contribution in [0.2, 0.25) is 0 Å². The molecule has 7 nitrogen and oxygen atoms in total. The van der Waals surface area contributed by atoms with Crippen LogP contribution in [0, 0.1) is 0 Å². The maximum Gasteiger partial charge on any atom is 0.326 e. The van der Waals surface area contributed by atoms with E-state index < -0.39 is 11.9 Å². The van der Waals surface area contributed by atoms with E-state index in [0.29, 0.717) is 5.75 Å². The van der Waals surface area contributed by atoms with E-state index in [4.69, 9.17) is 9.47 Å². The zero-order valence-corrected chi connectivity index (χ0v) is 29.4. The van der Waals surface area contributed by atoms with Gasteiger partial charge in [-0.05, 0) is 52.6 Å². The normalized spacial score (nSPS) is 12.1. The van der Waals surface area contributed by atoms with Gasteiger partial charge in [-0.3, -0.25) is 14.4 Å². The first-order valence-electron chi connectivity index (χ1n) is 17.4. The monoisotopic (exact) mass is 626 g/mol. The maximum absolute atomic E-state index is 13.1. The van der Waals surface area contributed by atoms with Crippen LogP contribution in [-0.4, -0.2) is 79.2 Å². The van der Waals surface area contributed by atoms with Crippen LogP contribution in [0.4, 0.5) is 4.79 Å². The van der Waals surface area contributed by atoms with E-state index >= 15 is 0 Å². The van der Waals surface area contributed by atoms with E-state index in [1.165, 1.54) is 75.5 Å². The third kappa shape index (κ3) is 27.7. The van der Waals surface area contributed by atoms with Gasteiger partial charge < -0.3 is 19.3 Å². The van der Waals surface area contributed by atoms with Crippen molar-refractivity contribution in [2.45, 2.75) is 149 Å². The van der Waals surface area contributed by atoms with Crippen molar-refractivity contribution in [2.75, 3.05) is 46.1 Å². The number of esters is 2. The molecule has 1 unspecified atom stereocenters. The van der Waals surface area contributed by atoms with Crippen LogP contribution >= 0.6 is 11.8 Å². The summed E-state index contributed by atoms with van der Waals surface area (Å²) in [7, 11) is 3.89. The minimum atomic E-state index is -0.513. The predicted molar refractivity (Wildman–Crippen MR) is 183 cm³/mol. The van der Waals surface area contributed by atoms with Crippen LogP contribution in [0.3, 0.4) is 0 Å². The number of carbonyl (C=O) groups is 3. The summed E-state index contributed by atoms with van der Waals surface area (Å²) in [4.78, 5) is 42.0. The van der Waals surface area contributed by atoms with Crippen LogP contribution in [0.15, 0.2) is 12.2 Å². The summed E-state index contributed by atoms with van der Waals surface area (Å²) < 4.78 is 11.3. The molecule has 0 bridgehead atoms. The lowest BCUT2D eigenvalue weighted by molar-refractivity contribution is -0.151. The lowest BCUT2D eigenvalue weighted by Crippen LogP contribution is -2.39. The van der Waals surface area contributed by atoms with E-state index in [-0.39, 0.29) is 31.0 Å². The van der Waals surface area contributed by atoms with Crippen LogP contribution in [-0.2, 0) is 19.1 Å². The number of hydrogen-bond donors (Lipinski definition) is 0. The molecule has 0 aromatic carbocycles. The maximum atomic E-state index is 13.1. The molecule has 0 aliphatic carbocycles. The second-order valence-electron chi connectivity index (χ2n) is 12.0. The summed E-state index contributed by atoms with van der Waals surface area (Å²) in [6, 6.07) is 0. The highest BCUT2D eigenvalue weighted by atomic mass is 32.2. The first-order chi connectivity index (χ1) is 20.8. The highest BCUT2D eigenvalue weighted by Crippen LogP contribution is 2.18.